The van der Waals surface area contributed by atoms with Crippen LogP contribution in [-0.4, -0.2) is 47.2 Å². The fourth-order valence-electron chi connectivity index (χ4n) is 1.33. The number of hydrogen-bond acceptors (Lipinski definition) is 4. The minimum atomic E-state index is -1.22. The third kappa shape index (κ3) is 2.63. The van der Waals surface area contributed by atoms with Crippen molar-refractivity contribution in [2.45, 2.75) is 24.1 Å². The van der Waals surface area contributed by atoms with Crippen molar-refractivity contribution < 1.29 is 19.4 Å². The fraction of sp³-hybridized carbons (Fsp3) is 0.778. The molecule has 1 heterocycles. The van der Waals surface area contributed by atoms with Crippen molar-refractivity contribution in [1.29, 1.82) is 0 Å². The van der Waals surface area contributed by atoms with Crippen molar-refractivity contribution in [3.05, 3.63) is 0 Å². The van der Waals surface area contributed by atoms with Crippen LogP contribution in [0.2, 0.25) is 0 Å². The quantitative estimate of drug-likeness (QED) is 0.720. The highest BCUT2D eigenvalue weighted by Crippen LogP contribution is 2.20. The molecular weight excluding hydrogens is 218 g/mol. The van der Waals surface area contributed by atoms with Crippen molar-refractivity contribution in [1.82, 2.24) is 5.32 Å². The van der Waals surface area contributed by atoms with E-state index in [0.717, 1.165) is 0 Å². The minimum Gasteiger partial charge on any atom is -0.479 e. The maximum Gasteiger partial charge on any atom is 0.331 e. The summed E-state index contributed by atoms with van der Waals surface area (Å²) in [6, 6.07) is 0. The molecule has 2 unspecified atom stereocenters. The van der Waals surface area contributed by atoms with Gasteiger partial charge in [-0.1, -0.05) is 0 Å². The Labute approximate surface area is 92.6 Å². The van der Waals surface area contributed by atoms with Gasteiger partial charge in [-0.3, -0.25) is 4.79 Å². The number of rotatable bonds is 4. The molecule has 15 heavy (non-hydrogen) atoms. The molecule has 1 fully saturated rings. The molecule has 1 rings (SSSR count). The van der Waals surface area contributed by atoms with E-state index in [9.17, 15) is 9.59 Å². The lowest BCUT2D eigenvalue weighted by molar-refractivity contribution is -0.147. The van der Waals surface area contributed by atoms with Crippen LogP contribution in [0.25, 0.3) is 0 Å². The van der Waals surface area contributed by atoms with Crippen LogP contribution in [-0.2, 0) is 14.3 Å². The summed E-state index contributed by atoms with van der Waals surface area (Å²) in [5.41, 5.74) is -1.22. The standard InChI is InChI=1S/C9H15NO4S/c1-6(15-2)7(11)10-9(8(12)13)3-4-14-5-9/h6H,3-5H2,1-2H3,(H,10,11)(H,12,13). The predicted molar refractivity (Wildman–Crippen MR) is 56.9 cm³/mol. The molecule has 0 spiro atoms. The molecule has 0 bridgehead atoms. The zero-order valence-corrected chi connectivity index (χ0v) is 9.60. The van der Waals surface area contributed by atoms with Gasteiger partial charge in [0, 0.05) is 13.0 Å². The van der Waals surface area contributed by atoms with Crippen molar-refractivity contribution in [2.75, 3.05) is 19.5 Å². The van der Waals surface area contributed by atoms with E-state index in [2.05, 4.69) is 5.32 Å². The lowest BCUT2D eigenvalue weighted by Gasteiger charge is -2.25. The molecule has 86 valence electrons. The third-order valence-corrected chi connectivity index (χ3v) is 3.44. The molecule has 1 saturated heterocycles. The molecule has 0 radical (unpaired) electrons. The van der Waals surface area contributed by atoms with Crippen molar-refractivity contribution >= 4 is 23.6 Å². The van der Waals surface area contributed by atoms with Crippen molar-refractivity contribution in [3.8, 4) is 0 Å². The first kappa shape index (κ1) is 12.3. The summed E-state index contributed by atoms with van der Waals surface area (Å²) in [7, 11) is 0. The van der Waals surface area contributed by atoms with Gasteiger partial charge in [0.25, 0.3) is 0 Å². The zero-order valence-electron chi connectivity index (χ0n) is 8.78. The van der Waals surface area contributed by atoms with E-state index < -0.39 is 11.5 Å². The molecule has 2 atom stereocenters. The molecule has 1 aliphatic rings. The first-order chi connectivity index (χ1) is 7.02. The van der Waals surface area contributed by atoms with E-state index in [1.807, 2.05) is 6.26 Å². The summed E-state index contributed by atoms with van der Waals surface area (Å²) < 4.78 is 5.03. The van der Waals surface area contributed by atoms with Crippen LogP contribution in [0, 0.1) is 0 Å². The van der Waals surface area contributed by atoms with Gasteiger partial charge in [0.1, 0.15) is 0 Å². The number of carboxylic acid groups (broad SMARTS) is 1. The Morgan fingerprint density at radius 1 is 1.60 bits per heavy atom. The van der Waals surface area contributed by atoms with Gasteiger partial charge >= 0.3 is 5.97 Å². The molecule has 0 aromatic rings. The predicted octanol–water partition coefficient (Wildman–Crippen LogP) is 0.0978. The summed E-state index contributed by atoms with van der Waals surface area (Å²) in [5, 5.41) is 11.4. The molecule has 1 amide bonds. The van der Waals surface area contributed by atoms with Crippen LogP contribution in [0.5, 0.6) is 0 Å². The van der Waals surface area contributed by atoms with Gasteiger partial charge < -0.3 is 15.2 Å². The lowest BCUT2D eigenvalue weighted by atomic mass is 9.99. The van der Waals surface area contributed by atoms with Crippen molar-refractivity contribution in [3.63, 3.8) is 0 Å². The first-order valence-electron chi connectivity index (χ1n) is 4.68. The minimum absolute atomic E-state index is 0.0508. The molecule has 2 N–H and O–H groups in total. The average Bonchev–Trinajstić information content (AvgIpc) is 2.66. The van der Waals surface area contributed by atoms with E-state index in [0.29, 0.717) is 13.0 Å². The van der Waals surface area contributed by atoms with Gasteiger partial charge in [0.05, 0.1) is 11.9 Å². The monoisotopic (exact) mass is 233 g/mol. The van der Waals surface area contributed by atoms with Crippen LogP contribution >= 0.6 is 11.8 Å². The summed E-state index contributed by atoms with van der Waals surface area (Å²) in [6.45, 7) is 2.17. The molecule has 0 aromatic carbocycles. The second-order valence-corrected chi connectivity index (χ2v) is 4.74. The topological polar surface area (TPSA) is 75.6 Å². The first-order valence-corrected chi connectivity index (χ1v) is 5.96. The summed E-state index contributed by atoms with van der Waals surface area (Å²) in [4.78, 5) is 22.7. The molecule has 0 aromatic heterocycles. The second kappa shape index (κ2) is 4.85. The molecule has 1 aliphatic heterocycles. The number of aliphatic carboxylic acids is 1. The van der Waals surface area contributed by atoms with E-state index in [1.54, 1.807) is 6.92 Å². The second-order valence-electron chi connectivity index (χ2n) is 3.56. The van der Waals surface area contributed by atoms with Gasteiger partial charge in [-0.05, 0) is 13.2 Å². The van der Waals surface area contributed by atoms with E-state index in [4.69, 9.17) is 9.84 Å². The maximum absolute atomic E-state index is 11.6. The number of nitrogens with one attached hydrogen (secondary N) is 1. The Kier molecular flexibility index (Phi) is 3.98. The lowest BCUT2D eigenvalue weighted by Crippen LogP contribution is -2.56. The smallest absolute Gasteiger partial charge is 0.331 e. The SMILES string of the molecule is CSC(C)C(=O)NC1(C(=O)O)CCOC1. The third-order valence-electron chi connectivity index (χ3n) is 2.52. The fourth-order valence-corrected chi connectivity index (χ4v) is 1.60. The van der Waals surface area contributed by atoms with Gasteiger partial charge in [-0.25, -0.2) is 4.79 Å². The number of hydrogen-bond donors (Lipinski definition) is 2. The molecule has 6 heteroatoms. The number of carboxylic acids is 1. The highest BCUT2D eigenvalue weighted by molar-refractivity contribution is 7.99. The normalized spacial score (nSPS) is 27.3. The van der Waals surface area contributed by atoms with Gasteiger partial charge in [-0.2, -0.15) is 11.8 Å². The van der Waals surface area contributed by atoms with E-state index in [-0.39, 0.29) is 17.8 Å². The van der Waals surface area contributed by atoms with E-state index >= 15 is 0 Å². The van der Waals surface area contributed by atoms with Crippen molar-refractivity contribution in [2.24, 2.45) is 0 Å². The van der Waals surface area contributed by atoms with Crippen LogP contribution < -0.4 is 5.32 Å². The molecular formula is C9H15NO4S. The Bertz CT molecular complexity index is 263. The summed E-state index contributed by atoms with van der Waals surface area (Å²) in [5.74, 6) is -1.28. The number of ether oxygens (including phenoxy) is 1. The Balaban J connectivity index is 2.67. The van der Waals surface area contributed by atoms with Gasteiger partial charge in [0.2, 0.25) is 5.91 Å². The average molecular weight is 233 g/mol. The van der Waals surface area contributed by atoms with Gasteiger partial charge in [-0.15, -0.1) is 0 Å². The maximum atomic E-state index is 11.6. The van der Waals surface area contributed by atoms with E-state index in [1.165, 1.54) is 11.8 Å². The van der Waals surface area contributed by atoms with Crippen LogP contribution in [0.1, 0.15) is 13.3 Å². The largest absolute Gasteiger partial charge is 0.479 e. The number of carbonyl (C=O) groups is 2. The number of carbonyl (C=O) groups excluding carboxylic acids is 1. The van der Waals surface area contributed by atoms with Crippen LogP contribution in [0.4, 0.5) is 0 Å². The molecule has 5 nitrogen and oxygen atoms in total. The molecule has 0 aliphatic carbocycles. The zero-order chi connectivity index (χ0) is 11.5. The van der Waals surface area contributed by atoms with Gasteiger partial charge in [0.15, 0.2) is 5.54 Å². The summed E-state index contributed by atoms with van der Waals surface area (Å²) in [6.07, 6.45) is 2.14. The number of amides is 1. The number of thioether (sulfide) groups is 1. The highest BCUT2D eigenvalue weighted by Gasteiger charge is 2.44. The Morgan fingerprint density at radius 2 is 2.27 bits per heavy atom. The molecule has 0 saturated carbocycles. The van der Waals surface area contributed by atoms with Crippen LogP contribution in [0.3, 0.4) is 0 Å². The Morgan fingerprint density at radius 3 is 2.67 bits per heavy atom. The summed E-state index contributed by atoms with van der Waals surface area (Å²) >= 11 is 1.38. The van der Waals surface area contributed by atoms with Crippen LogP contribution in [0.15, 0.2) is 0 Å². The highest BCUT2D eigenvalue weighted by atomic mass is 32.2. The Hall–Kier alpha value is -0.750.